The quantitative estimate of drug-likeness (QED) is 0.918. The molecule has 1 aliphatic rings. The first kappa shape index (κ1) is 16.9. The van der Waals surface area contributed by atoms with E-state index in [1.165, 1.54) is 0 Å². The van der Waals surface area contributed by atoms with Gasteiger partial charge in [-0.15, -0.1) is 12.4 Å². The summed E-state index contributed by atoms with van der Waals surface area (Å²) in [6.45, 7) is 1.85. The highest BCUT2D eigenvalue weighted by molar-refractivity contribution is 6.32. The van der Waals surface area contributed by atoms with Crippen LogP contribution in [-0.2, 0) is 0 Å². The Hall–Kier alpha value is -1.50. The van der Waals surface area contributed by atoms with Gasteiger partial charge in [0.05, 0.1) is 25.2 Å². The van der Waals surface area contributed by atoms with Crippen molar-refractivity contribution < 1.29 is 14.0 Å². The van der Waals surface area contributed by atoms with E-state index < -0.39 is 0 Å². The number of benzene rings is 1. The molecule has 1 N–H and O–H groups in total. The van der Waals surface area contributed by atoms with Crippen LogP contribution in [0.2, 0.25) is 5.02 Å². The lowest BCUT2D eigenvalue weighted by molar-refractivity contribution is 0.355. The summed E-state index contributed by atoms with van der Waals surface area (Å²) in [5.41, 5.74) is 0.735. The van der Waals surface area contributed by atoms with Crippen LogP contribution in [0, 0.1) is 0 Å². The van der Waals surface area contributed by atoms with Crippen LogP contribution in [0.5, 0.6) is 11.5 Å². The molecule has 0 amide bonds. The van der Waals surface area contributed by atoms with Crippen LogP contribution < -0.4 is 14.8 Å². The highest BCUT2D eigenvalue weighted by Crippen LogP contribution is 2.38. The van der Waals surface area contributed by atoms with Gasteiger partial charge in [-0.2, -0.15) is 4.98 Å². The lowest BCUT2D eigenvalue weighted by Gasteiger charge is -2.10. The standard InChI is InChI=1S/C14H16ClN3O3.ClH/c1-19-11-6-9(5-10(15)12(11)20-2)13-17-14(21-18-13)8-3-4-16-7-8;/h5-6,8,16H,3-4,7H2,1-2H3;1H. The maximum atomic E-state index is 6.20. The zero-order valence-electron chi connectivity index (χ0n) is 12.3. The molecule has 0 aliphatic carbocycles. The van der Waals surface area contributed by atoms with Crippen LogP contribution in [0.15, 0.2) is 16.7 Å². The second kappa shape index (κ2) is 7.17. The third kappa shape index (κ3) is 3.14. The zero-order valence-corrected chi connectivity index (χ0v) is 13.8. The number of halogens is 2. The number of nitrogens with zero attached hydrogens (tertiary/aromatic N) is 2. The first-order valence-electron chi connectivity index (χ1n) is 6.69. The minimum Gasteiger partial charge on any atom is -0.493 e. The molecular weight excluding hydrogens is 329 g/mol. The molecule has 1 aromatic carbocycles. The molecule has 2 heterocycles. The van der Waals surface area contributed by atoms with Gasteiger partial charge in [0.15, 0.2) is 11.5 Å². The number of methoxy groups -OCH3 is 2. The Bertz CT molecular complexity index is 642. The first-order chi connectivity index (χ1) is 10.2. The summed E-state index contributed by atoms with van der Waals surface area (Å²) in [4.78, 5) is 4.46. The van der Waals surface area contributed by atoms with Gasteiger partial charge in [-0.25, -0.2) is 0 Å². The summed E-state index contributed by atoms with van der Waals surface area (Å²) in [5.74, 6) is 2.46. The van der Waals surface area contributed by atoms with Crippen molar-refractivity contribution in [1.29, 1.82) is 0 Å². The SMILES string of the molecule is COc1cc(-c2noc(C3CCNC3)n2)cc(Cl)c1OC.Cl. The molecular formula is C14H17Cl2N3O3. The van der Waals surface area contributed by atoms with Gasteiger partial charge in [0.25, 0.3) is 0 Å². The lowest BCUT2D eigenvalue weighted by atomic mass is 10.1. The Kier molecular flexibility index (Phi) is 5.50. The molecule has 120 valence electrons. The van der Waals surface area contributed by atoms with E-state index in [-0.39, 0.29) is 18.3 Å². The smallest absolute Gasteiger partial charge is 0.231 e. The van der Waals surface area contributed by atoms with Crippen molar-refractivity contribution in [3.05, 3.63) is 23.0 Å². The molecule has 0 spiro atoms. The van der Waals surface area contributed by atoms with Crippen molar-refractivity contribution in [2.45, 2.75) is 12.3 Å². The Balaban J connectivity index is 0.00000176. The molecule has 1 saturated heterocycles. The van der Waals surface area contributed by atoms with E-state index in [9.17, 15) is 0 Å². The summed E-state index contributed by atoms with van der Waals surface area (Å²) < 4.78 is 15.9. The normalized spacial score (nSPS) is 17.1. The highest BCUT2D eigenvalue weighted by atomic mass is 35.5. The Morgan fingerprint density at radius 3 is 2.77 bits per heavy atom. The fourth-order valence-electron chi connectivity index (χ4n) is 2.43. The highest BCUT2D eigenvalue weighted by Gasteiger charge is 2.23. The average Bonchev–Trinajstić information content (AvgIpc) is 3.16. The lowest BCUT2D eigenvalue weighted by Crippen LogP contribution is -2.08. The Morgan fingerprint density at radius 2 is 2.14 bits per heavy atom. The van der Waals surface area contributed by atoms with E-state index in [0.29, 0.717) is 28.2 Å². The van der Waals surface area contributed by atoms with Gasteiger partial charge in [-0.1, -0.05) is 16.8 Å². The summed E-state index contributed by atoms with van der Waals surface area (Å²) in [5, 5.41) is 7.76. The molecule has 1 unspecified atom stereocenters. The van der Waals surface area contributed by atoms with E-state index in [0.717, 1.165) is 25.1 Å². The topological polar surface area (TPSA) is 69.4 Å². The number of nitrogens with one attached hydrogen (secondary N) is 1. The van der Waals surface area contributed by atoms with Gasteiger partial charge < -0.3 is 19.3 Å². The average molecular weight is 346 g/mol. The van der Waals surface area contributed by atoms with Crippen LogP contribution in [0.1, 0.15) is 18.2 Å². The summed E-state index contributed by atoms with van der Waals surface area (Å²) >= 11 is 6.20. The van der Waals surface area contributed by atoms with Crippen molar-refractivity contribution in [3.8, 4) is 22.9 Å². The number of hydrogen-bond acceptors (Lipinski definition) is 6. The fourth-order valence-corrected chi connectivity index (χ4v) is 2.72. The minimum atomic E-state index is 0. The maximum absolute atomic E-state index is 6.20. The van der Waals surface area contributed by atoms with Crippen molar-refractivity contribution in [2.75, 3.05) is 27.3 Å². The number of hydrogen-bond donors (Lipinski definition) is 1. The van der Waals surface area contributed by atoms with Crippen LogP contribution >= 0.6 is 24.0 Å². The molecule has 6 nitrogen and oxygen atoms in total. The fraction of sp³-hybridized carbons (Fsp3) is 0.429. The molecule has 0 saturated carbocycles. The third-order valence-electron chi connectivity index (χ3n) is 3.54. The van der Waals surface area contributed by atoms with Crippen LogP contribution in [0.3, 0.4) is 0 Å². The number of aromatic nitrogens is 2. The summed E-state index contributed by atoms with van der Waals surface area (Å²) in [6, 6.07) is 3.52. The molecule has 2 aromatic rings. The zero-order chi connectivity index (χ0) is 14.8. The molecule has 1 fully saturated rings. The molecule has 8 heteroatoms. The molecule has 3 rings (SSSR count). The molecule has 1 aromatic heterocycles. The van der Waals surface area contributed by atoms with Crippen LogP contribution in [-0.4, -0.2) is 37.4 Å². The van der Waals surface area contributed by atoms with E-state index in [1.54, 1.807) is 26.4 Å². The molecule has 1 atom stereocenters. The second-order valence-electron chi connectivity index (χ2n) is 4.84. The van der Waals surface area contributed by atoms with Crippen molar-refractivity contribution >= 4 is 24.0 Å². The van der Waals surface area contributed by atoms with Crippen LogP contribution in [0.4, 0.5) is 0 Å². The van der Waals surface area contributed by atoms with Gasteiger partial charge >= 0.3 is 0 Å². The van der Waals surface area contributed by atoms with Crippen molar-refractivity contribution in [1.82, 2.24) is 15.5 Å². The van der Waals surface area contributed by atoms with E-state index >= 15 is 0 Å². The predicted molar refractivity (Wildman–Crippen MR) is 85.3 cm³/mol. The van der Waals surface area contributed by atoms with Crippen molar-refractivity contribution in [3.63, 3.8) is 0 Å². The van der Waals surface area contributed by atoms with E-state index in [4.69, 9.17) is 25.6 Å². The predicted octanol–water partition coefficient (Wildman–Crippen LogP) is 2.91. The summed E-state index contributed by atoms with van der Waals surface area (Å²) in [7, 11) is 3.10. The van der Waals surface area contributed by atoms with Gasteiger partial charge in [0, 0.05) is 12.1 Å². The van der Waals surface area contributed by atoms with E-state index in [1.807, 2.05) is 0 Å². The molecule has 1 aliphatic heterocycles. The maximum Gasteiger partial charge on any atom is 0.231 e. The van der Waals surface area contributed by atoms with Gasteiger partial charge in [0.1, 0.15) is 0 Å². The minimum absolute atomic E-state index is 0. The second-order valence-corrected chi connectivity index (χ2v) is 5.25. The molecule has 22 heavy (non-hydrogen) atoms. The van der Waals surface area contributed by atoms with Crippen molar-refractivity contribution in [2.24, 2.45) is 0 Å². The largest absolute Gasteiger partial charge is 0.493 e. The van der Waals surface area contributed by atoms with E-state index in [2.05, 4.69) is 15.5 Å². The molecule has 0 bridgehead atoms. The Labute approximate surface area is 139 Å². The van der Waals surface area contributed by atoms with Gasteiger partial charge in [-0.05, 0) is 25.1 Å². The van der Waals surface area contributed by atoms with Crippen LogP contribution in [0.25, 0.3) is 11.4 Å². The van der Waals surface area contributed by atoms with Gasteiger partial charge in [0.2, 0.25) is 11.7 Å². The first-order valence-corrected chi connectivity index (χ1v) is 7.07. The Morgan fingerprint density at radius 1 is 1.32 bits per heavy atom. The number of rotatable bonds is 4. The monoisotopic (exact) mass is 345 g/mol. The third-order valence-corrected chi connectivity index (χ3v) is 3.82. The number of ether oxygens (including phenoxy) is 2. The molecule has 0 radical (unpaired) electrons. The van der Waals surface area contributed by atoms with Gasteiger partial charge in [-0.3, -0.25) is 0 Å². The summed E-state index contributed by atoms with van der Waals surface area (Å²) in [6.07, 6.45) is 1.01.